The van der Waals surface area contributed by atoms with E-state index in [2.05, 4.69) is 31.4 Å². The van der Waals surface area contributed by atoms with Crippen molar-refractivity contribution < 1.29 is 14.0 Å². The number of amides is 1. The van der Waals surface area contributed by atoms with Crippen molar-refractivity contribution in [3.8, 4) is 0 Å². The highest BCUT2D eigenvalue weighted by atomic mass is 79.9. The molecule has 0 radical (unpaired) electrons. The summed E-state index contributed by atoms with van der Waals surface area (Å²) < 4.78 is 14.1. The van der Waals surface area contributed by atoms with Crippen LogP contribution < -0.4 is 5.32 Å². The lowest BCUT2D eigenvalue weighted by Crippen LogP contribution is -2.12. The van der Waals surface area contributed by atoms with Crippen molar-refractivity contribution in [3.63, 3.8) is 0 Å². The Morgan fingerprint density at radius 1 is 1.12 bits per heavy atom. The first kappa shape index (κ1) is 18.7. The molecule has 0 bridgehead atoms. The maximum absolute atomic E-state index is 12.9. The van der Waals surface area contributed by atoms with Crippen LogP contribution in [-0.2, 0) is 0 Å². The van der Waals surface area contributed by atoms with Crippen LogP contribution in [0.1, 0.15) is 20.7 Å². The summed E-state index contributed by atoms with van der Waals surface area (Å²) in [5.74, 6) is -0.668. The molecule has 5 nitrogen and oxygen atoms in total. The van der Waals surface area contributed by atoms with Gasteiger partial charge in [-0.25, -0.2) is 4.39 Å². The Bertz CT molecular complexity index is 947. The first-order valence-electron chi connectivity index (χ1n) is 7.34. The van der Waals surface area contributed by atoms with Gasteiger partial charge in [-0.3, -0.25) is 14.9 Å². The van der Waals surface area contributed by atoms with Gasteiger partial charge in [0.1, 0.15) is 5.82 Å². The second-order valence-electron chi connectivity index (χ2n) is 5.03. The number of anilines is 1. The molecular weight excluding hydrogens is 441 g/mol. The molecule has 26 heavy (non-hydrogen) atoms. The third kappa shape index (κ3) is 4.75. The van der Waals surface area contributed by atoms with Crippen molar-refractivity contribution in [3.05, 3.63) is 69.9 Å². The third-order valence-electron chi connectivity index (χ3n) is 3.24. The van der Waals surface area contributed by atoms with Crippen molar-refractivity contribution in [2.24, 2.45) is 0 Å². The zero-order valence-corrected chi connectivity index (χ0v) is 16.3. The smallest absolute Gasteiger partial charge is 0.258 e. The normalized spacial score (nSPS) is 10.5. The van der Waals surface area contributed by atoms with Gasteiger partial charge >= 0.3 is 0 Å². The SMILES string of the molecule is O=C(CSc1nnc(NC(=O)c2ccccc2Br)s1)c1ccc(F)cc1. The molecule has 0 aliphatic carbocycles. The Balaban J connectivity index is 1.58. The van der Waals surface area contributed by atoms with E-state index in [1.54, 1.807) is 18.2 Å². The topological polar surface area (TPSA) is 72.0 Å². The molecule has 1 heterocycles. The maximum atomic E-state index is 12.9. The molecule has 0 fully saturated rings. The van der Waals surface area contributed by atoms with Crippen LogP contribution in [0.15, 0.2) is 57.3 Å². The van der Waals surface area contributed by atoms with Crippen LogP contribution >= 0.6 is 39.0 Å². The summed E-state index contributed by atoms with van der Waals surface area (Å²) in [7, 11) is 0. The number of benzene rings is 2. The van der Waals surface area contributed by atoms with Gasteiger partial charge in [-0.1, -0.05) is 35.2 Å². The number of ketones is 1. The Hall–Kier alpha value is -2.10. The summed E-state index contributed by atoms with van der Waals surface area (Å²) in [6.07, 6.45) is 0. The average molecular weight is 452 g/mol. The minimum absolute atomic E-state index is 0.135. The molecule has 0 atom stereocenters. The van der Waals surface area contributed by atoms with E-state index in [0.717, 1.165) is 0 Å². The molecule has 0 unspecified atom stereocenters. The predicted octanol–water partition coefficient (Wildman–Crippen LogP) is 4.67. The number of hydrogen-bond acceptors (Lipinski definition) is 6. The Morgan fingerprint density at radius 2 is 1.85 bits per heavy atom. The summed E-state index contributed by atoms with van der Waals surface area (Å²) in [6, 6.07) is 12.4. The third-order valence-corrected chi connectivity index (χ3v) is 5.90. The lowest BCUT2D eigenvalue weighted by Gasteiger charge is -2.02. The standard InChI is InChI=1S/C17H11BrFN3O2S2/c18-13-4-2-1-3-12(13)15(24)20-16-21-22-17(26-16)25-9-14(23)10-5-7-11(19)8-6-10/h1-8H,9H2,(H,20,21,24). The van der Waals surface area contributed by atoms with Gasteiger partial charge in [-0.05, 0) is 52.3 Å². The number of thioether (sulfide) groups is 1. The summed E-state index contributed by atoms with van der Waals surface area (Å²) in [5, 5.41) is 10.9. The zero-order valence-electron chi connectivity index (χ0n) is 13.1. The van der Waals surface area contributed by atoms with Crippen LogP contribution in [0.2, 0.25) is 0 Å². The molecule has 1 N–H and O–H groups in total. The van der Waals surface area contributed by atoms with Crippen molar-refractivity contribution in [2.45, 2.75) is 4.34 Å². The molecule has 0 aliphatic heterocycles. The molecular formula is C17H11BrFN3O2S2. The summed E-state index contributed by atoms with van der Waals surface area (Å²) in [6.45, 7) is 0. The average Bonchev–Trinajstić information content (AvgIpc) is 3.08. The van der Waals surface area contributed by atoms with Crippen LogP contribution in [0.3, 0.4) is 0 Å². The maximum Gasteiger partial charge on any atom is 0.258 e. The van der Waals surface area contributed by atoms with Gasteiger partial charge in [-0.15, -0.1) is 10.2 Å². The quantitative estimate of drug-likeness (QED) is 0.335. The molecule has 3 aromatic rings. The molecule has 0 aliphatic rings. The fourth-order valence-corrected chi connectivity index (χ4v) is 4.08. The number of hydrogen-bond donors (Lipinski definition) is 1. The number of Topliss-reactive ketones (excluding diaryl/α,β-unsaturated/α-hetero) is 1. The first-order valence-corrected chi connectivity index (χ1v) is 9.93. The van der Waals surface area contributed by atoms with E-state index >= 15 is 0 Å². The minimum Gasteiger partial charge on any atom is -0.296 e. The van der Waals surface area contributed by atoms with Gasteiger partial charge in [0.15, 0.2) is 10.1 Å². The molecule has 1 aromatic heterocycles. The van der Waals surface area contributed by atoms with Gasteiger partial charge in [-0.2, -0.15) is 0 Å². The van der Waals surface area contributed by atoms with E-state index in [1.165, 1.54) is 47.4 Å². The van der Waals surface area contributed by atoms with Crippen molar-refractivity contribution in [1.29, 1.82) is 0 Å². The molecule has 1 amide bonds. The number of nitrogens with one attached hydrogen (secondary N) is 1. The van der Waals surface area contributed by atoms with Crippen LogP contribution in [0.25, 0.3) is 0 Å². The first-order chi connectivity index (χ1) is 12.5. The molecule has 3 rings (SSSR count). The minimum atomic E-state index is -0.385. The van der Waals surface area contributed by atoms with E-state index < -0.39 is 0 Å². The van der Waals surface area contributed by atoms with Crippen molar-refractivity contribution in [2.75, 3.05) is 11.1 Å². The van der Waals surface area contributed by atoms with Gasteiger partial charge in [0, 0.05) is 10.0 Å². The highest BCUT2D eigenvalue weighted by molar-refractivity contribution is 9.10. The molecule has 132 valence electrons. The fourth-order valence-electron chi connectivity index (χ4n) is 1.97. The van der Waals surface area contributed by atoms with Gasteiger partial charge in [0.2, 0.25) is 5.13 Å². The van der Waals surface area contributed by atoms with E-state index in [9.17, 15) is 14.0 Å². The highest BCUT2D eigenvalue weighted by Gasteiger charge is 2.14. The summed E-state index contributed by atoms with van der Waals surface area (Å²) >= 11 is 5.72. The van der Waals surface area contributed by atoms with Crippen LogP contribution in [0.5, 0.6) is 0 Å². The van der Waals surface area contributed by atoms with Gasteiger partial charge < -0.3 is 0 Å². The number of carbonyl (C=O) groups excluding carboxylic acids is 2. The van der Waals surface area contributed by atoms with Gasteiger partial charge in [0.25, 0.3) is 5.91 Å². The Labute approximate surface area is 165 Å². The number of aromatic nitrogens is 2. The van der Waals surface area contributed by atoms with Crippen molar-refractivity contribution in [1.82, 2.24) is 10.2 Å². The monoisotopic (exact) mass is 451 g/mol. The number of halogens is 2. The second-order valence-corrected chi connectivity index (χ2v) is 8.08. The Kier molecular flexibility index (Phi) is 6.12. The van der Waals surface area contributed by atoms with E-state index in [4.69, 9.17) is 0 Å². The summed E-state index contributed by atoms with van der Waals surface area (Å²) in [4.78, 5) is 24.3. The molecule has 2 aromatic carbocycles. The predicted molar refractivity (Wildman–Crippen MR) is 103 cm³/mol. The number of rotatable bonds is 6. The van der Waals surface area contributed by atoms with E-state index in [0.29, 0.717) is 25.1 Å². The molecule has 0 saturated carbocycles. The highest BCUT2D eigenvalue weighted by Crippen LogP contribution is 2.27. The largest absolute Gasteiger partial charge is 0.296 e. The van der Waals surface area contributed by atoms with Crippen LogP contribution in [-0.4, -0.2) is 27.6 Å². The number of nitrogens with zero attached hydrogens (tertiary/aromatic N) is 2. The van der Waals surface area contributed by atoms with Crippen LogP contribution in [0, 0.1) is 5.82 Å². The lowest BCUT2D eigenvalue weighted by atomic mass is 10.1. The summed E-state index contributed by atoms with van der Waals surface area (Å²) in [5.41, 5.74) is 0.925. The Morgan fingerprint density at radius 3 is 2.58 bits per heavy atom. The fraction of sp³-hybridized carbons (Fsp3) is 0.0588. The zero-order chi connectivity index (χ0) is 18.5. The molecule has 0 spiro atoms. The second kappa shape index (κ2) is 8.52. The van der Waals surface area contributed by atoms with Crippen molar-refractivity contribution >= 4 is 55.9 Å². The number of carbonyl (C=O) groups is 2. The lowest BCUT2D eigenvalue weighted by molar-refractivity contribution is 0.101. The molecule has 9 heteroatoms. The molecule has 0 saturated heterocycles. The van der Waals surface area contributed by atoms with E-state index in [1.807, 2.05) is 6.07 Å². The van der Waals surface area contributed by atoms with E-state index in [-0.39, 0.29) is 23.3 Å². The van der Waals surface area contributed by atoms with Crippen LogP contribution in [0.4, 0.5) is 9.52 Å². The van der Waals surface area contributed by atoms with Gasteiger partial charge in [0.05, 0.1) is 11.3 Å².